The van der Waals surface area contributed by atoms with E-state index in [1.807, 2.05) is 0 Å². The highest BCUT2D eigenvalue weighted by Gasteiger charge is 2.50. The average molecular weight is 486 g/mol. The first-order valence-electron chi connectivity index (χ1n) is 11.6. The van der Waals surface area contributed by atoms with Crippen LogP contribution < -0.4 is 21.9 Å². The van der Waals surface area contributed by atoms with Crippen molar-refractivity contribution in [1.29, 1.82) is 0 Å². The minimum absolute atomic E-state index is 0.0473. The van der Waals surface area contributed by atoms with Gasteiger partial charge < -0.3 is 15.6 Å². The van der Waals surface area contributed by atoms with Gasteiger partial charge in [0.05, 0.1) is 16.9 Å². The Morgan fingerprint density at radius 2 is 1.77 bits per heavy atom. The van der Waals surface area contributed by atoms with Crippen LogP contribution in [0.2, 0.25) is 0 Å². The van der Waals surface area contributed by atoms with Crippen molar-refractivity contribution in [3.05, 3.63) is 80.3 Å². The highest BCUT2D eigenvalue weighted by Crippen LogP contribution is 2.47. The van der Waals surface area contributed by atoms with Gasteiger partial charge >= 0.3 is 5.69 Å². The van der Waals surface area contributed by atoms with Crippen LogP contribution in [-0.4, -0.2) is 28.0 Å². The second kappa shape index (κ2) is 8.67. The van der Waals surface area contributed by atoms with Crippen LogP contribution in [0.1, 0.15) is 50.3 Å². The van der Waals surface area contributed by atoms with E-state index in [1.165, 1.54) is 12.1 Å². The van der Waals surface area contributed by atoms with Crippen LogP contribution in [0.4, 0.5) is 13.2 Å². The van der Waals surface area contributed by atoms with Crippen molar-refractivity contribution in [2.24, 2.45) is 5.41 Å². The number of aromatic nitrogens is 2. The van der Waals surface area contributed by atoms with Crippen LogP contribution in [-0.2, 0) is 4.79 Å². The number of carbonyl (C=O) groups excluding carboxylic acids is 1. The van der Waals surface area contributed by atoms with Gasteiger partial charge in [-0.2, -0.15) is 0 Å². The topological polar surface area (TPSA) is 96.0 Å². The zero-order chi connectivity index (χ0) is 24.9. The van der Waals surface area contributed by atoms with Crippen molar-refractivity contribution < 1.29 is 18.0 Å². The van der Waals surface area contributed by atoms with E-state index in [0.717, 1.165) is 41.7 Å². The Morgan fingerprint density at radius 3 is 2.43 bits per heavy atom. The van der Waals surface area contributed by atoms with Gasteiger partial charge in [-0.25, -0.2) is 22.5 Å². The van der Waals surface area contributed by atoms with E-state index in [-0.39, 0.29) is 16.5 Å². The zero-order valence-corrected chi connectivity index (χ0v) is 19.0. The first-order valence-corrected chi connectivity index (χ1v) is 11.6. The molecule has 1 aromatic heterocycles. The largest absolute Gasteiger partial charge is 0.348 e. The number of carbonyl (C=O) groups is 1. The third kappa shape index (κ3) is 4.05. The maximum absolute atomic E-state index is 14.4. The molecule has 184 valence electrons. The van der Waals surface area contributed by atoms with Gasteiger partial charge in [-0.15, -0.1) is 0 Å². The van der Waals surface area contributed by atoms with Gasteiger partial charge in [0.1, 0.15) is 23.5 Å². The molecule has 6 rings (SSSR count). The van der Waals surface area contributed by atoms with Crippen molar-refractivity contribution >= 4 is 16.8 Å². The fourth-order valence-corrected chi connectivity index (χ4v) is 5.62. The number of benzene rings is 2. The summed E-state index contributed by atoms with van der Waals surface area (Å²) >= 11 is 0. The summed E-state index contributed by atoms with van der Waals surface area (Å²) in [6.45, 7) is 1.96. The quantitative estimate of drug-likeness (QED) is 0.517. The molecule has 2 bridgehead atoms. The van der Waals surface area contributed by atoms with Crippen molar-refractivity contribution in [3.63, 3.8) is 0 Å². The summed E-state index contributed by atoms with van der Waals surface area (Å²) in [5.74, 6) is -2.84. The van der Waals surface area contributed by atoms with Gasteiger partial charge in [0.2, 0.25) is 5.91 Å². The van der Waals surface area contributed by atoms with Crippen LogP contribution in [0, 0.1) is 22.9 Å². The van der Waals surface area contributed by atoms with E-state index < -0.39 is 52.1 Å². The van der Waals surface area contributed by atoms with Crippen molar-refractivity contribution in [2.75, 3.05) is 6.54 Å². The van der Waals surface area contributed by atoms with Crippen LogP contribution in [0.5, 0.6) is 0 Å². The third-order valence-electron chi connectivity index (χ3n) is 7.49. The van der Waals surface area contributed by atoms with Crippen LogP contribution in [0.25, 0.3) is 10.9 Å². The average Bonchev–Trinajstić information content (AvgIpc) is 2.83. The van der Waals surface area contributed by atoms with E-state index in [2.05, 4.69) is 15.6 Å². The summed E-state index contributed by atoms with van der Waals surface area (Å²) in [6, 6.07) is 4.78. The number of nitrogens with zero attached hydrogens (tertiary/aromatic N) is 1. The molecule has 0 radical (unpaired) electrons. The van der Waals surface area contributed by atoms with Crippen LogP contribution >= 0.6 is 0 Å². The van der Waals surface area contributed by atoms with Crippen molar-refractivity contribution in [2.45, 2.75) is 50.7 Å². The molecule has 1 aliphatic carbocycles. The van der Waals surface area contributed by atoms with Crippen LogP contribution in [0.3, 0.4) is 0 Å². The molecule has 2 aromatic carbocycles. The predicted octanol–water partition coefficient (Wildman–Crippen LogP) is 3.06. The molecular weight excluding hydrogens is 461 g/mol. The molecule has 1 saturated carbocycles. The molecule has 3 fully saturated rings. The van der Waals surface area contributed by atoms with Crippen molar-refractivity contribution in [1.82, 2.24) is 20.2 Å². The number of hydrogen-bond acceptors (Lipinski definition) is 4. The normalized spacial score (nSPS) is 23.3. The smallest absolute Gasteiger partial charge is 0.329 e. The summed E-state index contributed by atoms with van der Waals surface area (Å²) in [4.78, 5) is 43.0. The van der Waals surface area contributed by atoms with Gasteiger partial charge in [0.15, 0.2) is 0 Å². The fourth-order valence-electron chi connectivity index (χ4n) is 5.62. The summed E-state index contributed by atoms with van der Waals surface area (Å²) < 4.78 is 42.6. The molecule has 3 N–H and O–H groups in total. The van der Waals surface area contributed by atoms with Gasteiger partial charge in [-0.3, -0.25) is 9.59 Å². The molecule has 3 heterocycles. The number of nitrogens with one attached hydrogen (secondary N) is 3. The maximum atomic E-state index is 14.4. The second-order valence-electron chi connectivity index (χ2n) is 9.61. The van der Waals surface area contributed by atoms with E-state index in [0.29, 0.717) is 25.4 Å². The molecule has 7 nitrogen and oxygen atoms in total. The predicted molar refractivity (Wildman–Crippen MR) is 123 cm³/mol. The molecule has 3 aliphatic rings. The molecular formula is C25H25F3N4O3. The molecule has 0 spiro atoms. The number of halogens is 3. The molecule has 0 unspecified atom stereocenters. The Balaban J connectivity index is 1.61. The summed E-state index contributed by atoms with van der Waals surface area (Å²) in [7, 11) is 0. The highest BCUT2D eigenvalue weighted by molar-refractivity contribution is 5.83. The monoisotopic (exact) mass is 486 g/mol. The Morgan fingerprint density at radius 1 is 1.09 bits per heavy atom. The summed E-state index contributed by atoms with van der Waals surface area (Å²) in [5, 5.41) is 6.06. The lowest BCUT2D eigenvalue weighted by molar-refractivity contribution is -0.131. The first-order chi connectivity index (χ1) is 16.7. The molecule has 2 aliphatic heterocycles. The van der Waals surface area contributed by atoms with Gasteiger partial charge in [-0.05, 0) is 56.9 Å². The van der Waals surface area contributed by atoms with E-state index in [4.69, 9.17) is 0 Å². The van der Waals surface area contributed by atoms with Gasteiger partial charge in [0.25, 0.3) is 5.56 Å². The lowest BCUT2D eigenvalue weighted by Gasteiger charge is -2.50. The number of H-pyrrole nitrogens is 1. The molecule has 35 heavy (non-hydrogen) atoms. The summed E-state index contributed by atoms with van der Waals surface area (Å²) in [5.41, 5.74) is -2.05. The number of aromatic amines is 1. The Hall–Kier alpha value is -3.40. The Labute approximate surface area is 198 Å². The van der Waals surface area contributed by atoms with Crippen LogP contribution in [0.15, 0.2) is 46.0 Å². The Bertz CT molecular complexity index is 1410. The minimum atomic E-state index is -1.22. The number of amides is 1. The van der Waals surface area contributed by atoms with E-state index in [9.17, 15) is 27.6 Å². The molecule has 3 aromatic rings. The maximum Gasteiger partial charge on any atom is 0.329 e. The molecule has 2 saturated heterocycles. The summed E-state index contributed by atoms with van der Waals surface area (Å²) in [6.07, 6.45) is 2.77. The second-order valence-corrected chi connectivity index (χ2v) is 9.61. The highest BCUT2D eigenvalue weighted by atomic mass is 19.1. The molecule has 1 amide bonds. The molecule has 2 atom stereocenters. The third-order valence-corrected chi connectivity index (χ3v) is 7.49. The van der Waals surface area contributed by atoms with Gasteiger partial charge in [0, 0.05) is 29.6 Å². The zero-order valence-electron chi connectivity index (χ0n) is 19.0. The Kier molecular flexibility index (Phi) is 5.79. The van der Waals surface area contributed by atoms with E-state index >= 15 is 0 Å². The number of hydrogen-bond donors (Lipinski definition) is 3. The minimum Gasteiger partial charge on any atom is -0.348 e. The SMILES string of the molecule is C[C@H](NC(=O)[C@@H](n1c(=O)[nH]c2ccc(F)cc2c1=O)C12CCC(CC1)NC2)c1ccc(F)cc1F. The molecule has 10 heteroatoms. The number of piperidine rings is 2. The fraction of sp³-hybridized carbons (Fsp3) is 0.400. The number of rotatable bonds is 5. The standard InChI is InChI=1S/C25H25F3N4O3/c1-13(17-4-2-15(27)11-19(17)28)30-22(33)21(25-8-6-16(7-9-25)29-12-25)32-23(34)18-10-14(26)3-5-20(18)31-24(32)35/h2-5,10-11,13,16,21,29H,6-9,12H2,1H3,(H,30,33)(H,31,35)/t13-,16?,21+,25?/m0/s1. The van der Waals surface area contributed by atoms with E-state index in [1.54, 1.807) is 6.92 Å². The van der Waals surface area contributed by atoms with Crippen molar-refractivity contribution in [3.8, 4) is 0 Å². The van der Waals surface area contributed by atoms with Gasteiger partial charge in [-0.1, -0.05) is 6.07 Å². The lowest BCUT2D eigenvalue weighted by atomic mass is 9.64. The number of fused-ring (bicyclic) bond motifs is 4. The first kappa shape index (κ1) is 23.3. The lowest BCUT2D eigenvalue weighted by Crippen LogP contribution is -2.60.